The molecule has 1 fully saturated rings. The quantitative estimate of drug-likeness (QED) is 0.819. The molecule has 1 aliphatic heterocycles. The van der Waals surface area contributed by atoms with Crippen LogP contribution in [0.3, 0.4) is 0 Å². The van der Waals surface area contributed by atoms with Crippen molar-refractivity contribution < 1.29 is 9.53 Å². The molecule has 1 aromatic rings. The van der Waals surface area contributed by atoms with Crippen molar-refractivity contribution in [1.82, 2.24) is 10.2 Å². The van der Waals surface area contributed by atoms with Crippen molar-refractivity contribution in [3.05, 3.63) is 35.9 Å². The maximum absolute atomic E-state index is 12.0. The molecule has 1 heterocycles. The molecule has 4 heteroatoms. The van der Waals surface area contributed by atoms with Gasteiger partial charge in [0.15, 0.2) is 0 Å². The summed E-state index contributed by atoms with van der Waals surface area (Å²) >= 11 is 0. The predicted molar refractivity (Wildman–Crippen MR) is 84.1 cm³/mol. The minimum atomic E-state index is -0.174. The second-order valence-corrected chi connectivity index (χ2v) is 5.72. The van der Waals surface area contributed by atoms with Crippen molar-refractivity contribution in [3.8, 4) is 0 Å². The molecule has 1 aromatic carbocycles. The monoisotopic (exact) mass is 290 g/mol. The minimum Gasteiger partial charge on any atom is -0.445 e. The van der Waals surface area contributed by atoms with Gasteiger partial charge in [0.1, 0.15) is 6.61 Å². The number of piperidine rings is 1. The minimum absolute atomic E-state index is 0.174. The third-order valence-corrected chi connectivity index (χ3v) is 4.12. The van der Waals surface area contributed by atoms with E-state index in [0.717, 1.165) is 44.0 Å². The Labute approximate surface area is 127 Å². The van der Waals surface area contributed by atoms with Crippen LogP contribution in [0.25, 0.3) is 0 Å². The van der Waals surface area contributed by atoms with Crippen LogP contribution in [0, 0.1) is 5.92 Å². The van der Waals surface area contributed by atoms with Gasteiger partial charge >= 0.3 is 6.09 Å². The van der Waals surface area contributed by atoms with Crippen LogP contribution in [-0.4, -0.2) is 37.7 Å². The highest BCUT2D eigenvalue weighted by Gasteiger charge is 2.23. The molecule has 0 radical (unpaired) electrons. The summed E-state index contributed by atoms with van der Waals surface area (Å²) in [7, 11) is 1.99. The molecule has 21 heavy (non-hydrogen) atoms. The Balaban J connectivity index is 1.66. The van der Waals surface area contributed by atoms with E-state index in [9.17, 15) is 4.79 Å². The zero-order valence-electron chi connectivity index (χ0n) is 12.9. The number of nitrogens with zero attached hydrogens (tertiary/aromatic N) is 1. The lowest BCUT2D eigenvalue weighted by molar-refractivity contribution is 0.0814. The van der Waals surface area contributed by atoms with Gasteiger partial charge in [-0.3, -0.25) is 0 Å². The molecule has 1 saturated heterocycles. The fourth-order valence-corrected chi connectivity index (χ4v) is 2.78. The van der Waals surface area contributed by atoms with Crippen LogP contribution < -0.4 is 5.32 Å². The van der Waals surface area contributed by atoms with Gasteiger partial charge in [-0.25, -0.2) is 4.79 Å². The van der Waals surface area contributed by atoms with Crippen molar-refractivity contribution in [1.29, 1.82) is 0 Å². The summed E-state index contributed by atoms with van der Waals surface area (Å²) in [4.78, 5) is 13.9. The van der Waals surface area contributed by atoms with E-state index in [-0.39, 0.29) is 6.09 Å². The highest BCUT2D eigenvalue weighted by atomic mass is 16.6. The number of carbonyl (C=O) groups excluding carboxylic acids is 1. The van der Waals surface area contributed by atoms with Crippen LogP contribution in [0.15, 0.2) is 30.3 Å². The van der Waals surface area contributed by atoms with Crippen LogP contribution in [0.1, 0.15) is 31.2 Å². The number of amides is 1. The van der Waals surface area contributed by atoms with Gasteiger partial charge in [-0.2, -0.15) is 0 Å². The van der Waals surface area contributed by atoms with Gasteiger partial charge in [0.2, 0.25) is 0 Å². The van der Waals surface area contributed by atoms with Crippen LogP contribution in [-0.2, 0) is 11.3 Å². The number of nitrogens with one attached hydrogen (secondary N) is 1. The zero-order valence-corrected chi connectivity index (χ0v) is 12.9. The number of carbonyl (C=O) groups is 1. The summed E-state index contributed by atoms with van der Waals surface area (Å²) < 4.78 is 5.38. The molecule has 0 saturated carbocycles. The highest BCUT2D eigenvalue weighted by molar-refractivity contribution is 5.67. The number of hydrogen-bond acceptors (Lipinski definition) is 3. The number of likely N-dealkylation sites (tertiary alicyclic amines) is 1. The summed E-state index contributed by atoms with van der Waals surface area (Å²) in [6.07, 6.45) is 4.51. The lowest BCUT2D eigenvalue weighted by Gasteiger charge is -2.31. The molecule has 0 spiro atoms. The molecule has 1 N–H and O–H groups in total. The molecular formula is C17H26N2O2. The van der Waals surface area contributed by atoms with E-state index in [2.05, 4.69) is 5.32 Å². The maximum Gasteiger partial charge on any atom is 0.410 e. The molecular weight excluding hydrogens is 264 g/mol. The molecule has 0 aliphatic carbocycles. The maximum atomic E-state index is 12.0. The van der Waals surface area contributed by atoms with E-state index in [0.29, 0.717) is 6.61 Å². The first-order chi connectivity index (χ1) is 10.3. The van der Waals surface area contributed by atoms with Crippen LogP contribution in [0.2, 0.25) is 0 Å². The summed E-state index contributed by atoms with van der Waals surface area (Å²) in [5.74, 6) is 0.761. The largest absolute Gasteiger partial charge is 0.445 e. The first-order valence-electron chi connectivity index (χ1n) is 7.90. The fraction of sp³-hybridized carbons (Fsp3) is 0.588. The van der Waals surface area contributed by atoms with Crippen molar-refractivity contribution in [2.24, 2.45) is 5.92 Å². The first kappa shape index (κ1) is 15.8. The average molecular weight is 290 g/mol. The van der Waals surface area contributed by atoms with Gasteiger partial charge in [0, 0.05) is 13.1 Å². The van der Waals surface area contributed by atoms with E-state index in [1.54, 1.807) is 0 Å². The van der Waals surface area contributed by atoms with Crippen LogP contribution in [0.5, 0.6) is 0 Å². The van der Waals surface area contributed by atoms with Gasteiger partial charge in [-0.1, -0.05) is 30.3 Å². The first-order valence-corrected chi connectivity index (χ1v) is 7.90. The van der Waals surface area contributed by atoms with Gasteiger partial charge in [-0.15, -0.1) is 0 Å². The van der Waals surface area contributed by atoms with Gasteiger partial charge in [0.05, 0.1) is 0 Å². The molecule has 1 amide bonds. The molecule has 2 rings (SSSR count). The van der Waals surface area contributed by atoms with Crippen molar-refractivity contribution in [3.63, 3.8) is 0 Å². The zero-order chi connectivity index (χ0) is 14.9. The number of rotatable bonds is 6. The lowest BCUT2D eigenvalue weighted by atomic mass is 9.92. The third kappa shape index (κ3) is 5.38. The summed E-state index contributed by atoms with van der Waals surface area (Å²) in [6.45, 7) is 3.11. The molecule has 0 bridgehead atoms. The van der Waals surface area contributed by atoms with Crippen LogP contribution in [0.4, 0.5) is 4.79 Å². The van der Waals surface area contributed by atoms with Gasteiger partial charge in [0.25, 0.3) is 0 Å². The number of ether oxygens (including phenoxy) is 1. The average Bonchev–Trinajstić information content (AvgIpc) is 2.54. The van der Waals surface area contributed by atoms with E-state index in [4.69, 9.17) is 4.74 Å². The fourth-order valence-electron chi connectivity index (χ4n) is 2.78. The standard InChI is InChI=1S/C17H26N2O2/c1-18-11-5-8-15-9-12-19(13-10-15)17(20)21-14-16-6-3-2-4-7-16/h2-4,6-7,15,18H,5,8-14H2,1H3. The van der Waals surface area contributed by atoms with Crippen molar-refractivity contribution in [2.45, 2.75) is 32.3 Å². The van der Waals surface area contributed by atoms with Crippen LogP contribution >= 0.6 is 0 Å². The molecule has 0 aromatic heterocycles. The summed E-state index contributed by atoms with van der Waals surface area (Å²) in [5, 5.41) is 3.18. The SMILES string of the molecule is CNCCCC1CCN(C(=O)OCc2ccccc2)CC1. The lowest BCUT2D eigenvalue weighted by Crippen LogP contribution is -2.38. The normalized spacial score (nSPS) is 16.0. The van der Waals surface area contributed by atoms with Gasteiger partial charge < -0.3 is 15.0 Å². The Morgan fingerprint density at radius 3 is 2.67 bits per heavy atom. The molecule has 116 valence electrons. The Hall–Kier alpha value is -1.55. The van der Waals surface area contributed by atoms with Gasteiger partial charge in [-0.05, 0) is 50.8 Å². The second-order valence-electron chi connectivity index (χ2n) is 5.72. The van der Waals surface area contributed by atoms with E-state index < -0.39 is 0 Å². The highest BCUT2D eigenvalue weighted by Crippen LogP contribution is 2.22. The van der Waals surface area contributed by atoms with Crippen molar-refractivity contribution in [2.75, 3.05) is 26.7 Å². The molecule has 0 atom stereocenters. The Morgan fingerprint density at radius 1 is 1.29 bits per heavy atom. The molecule has 0 unspecified atom stereocenters. The van der Waals surface area contributed by atoms with E-state index >= 15 is 0 Å². The number of hydrogen-bond donors (Lipinski definition) is 1. The summed E-state index contributed by atoms with van der Waals surface area (Å²) in [5.41, 5.74) is 1.04. The topological polar surface area (TPSA) is 41.6 Å². The van der Waals surface area contributed by atoms with E-state index in [1.165, 1.54) is 12.8 Å². The molecule has 4 nitrogen and oxygen atoms in total. The van der Waals surface area contributed by atoms with Crippen molar-refractivity contribution >= 4 is 6.09 Å². The Morgan fingerprint density at radius 2 is 2.00 bits per heavy atom. The predicted octanol–water partition coefficient (Wildman–Crippen LogP) is 3.03. The van der Waals surface area contributed by atoms with E-state index in [1.807, 2.05) is 42.3 Å². The Kier molecular flexibility index (Phi) is 6.54. The second kappa shape index (κ2) is 8.67. The smallest absolute Gasteiger partial charge is 0.410 e. The molecule has 1 aliphatic rings. The summed E-state index contributed by atoms with van der Waals surface area (Å²) in [6, 6.07) is 9.83. The third-order valence-electron chi connectivity index (χ3n) is 4.12. The number of benzene rings is 1. The Bertz CT molecular complexity index is 414.